The zero-order valence-electron chi connectivity index (χ0n) is 13.4. The van der Waals surface area contributed by atoms with E-state index < -0.39 is 5.97 Å². The Morgan fingerprint density at radius 2 is 2.08 bits per heavy atom. The number of carbonyl (C=O) groups is 1. The minimum Gasteiger partial charge on any atom is -0.462 e. The number of anilines is 1. The van der Waals surface area contributed by atoms with Gasteiger partial charge in [-0.15, -0.1) is 11.3 Å². The van der Waals surface area contributed by atoms with Crippen molar-refractivity contribution in [2.75, 3.05) is 11.9 Å². The summed E-state index contributed by atoms with van der Waals surface area (Å²) in [4.78, 5) is 24.4. The Hall–Kier alpha value is -2.85. The van der Waals surface area contributed by atoms with Crippen molar-refractivity contribution in [1.29, 1.82) is 5.26 Å². The Balaban J connectivity index is 2.58. The molecule has 2 rings (SSSR count). The summed E-state index contributed by atoms with van der Waals surface area (Å²) in [5, 5.41) is 12.3. The quantitative estimate of drug-likeness (QED) is 0.820. The number of carbonyl (C=O) groups excluding carboxylic acids is 1. The lowest BCUT2D eigenvalue weighted by molar-refractivity contribution is -0.136. The van der Waals surface area contributed by atoms with Crippen LogP contribution in [0.4, 0.5) is 5.69 Å². The molecule has 1 N–H and O–H groups in total. The van der Waals surface area contributed by atoms with E-state index in [2.05, 4.69) is 5.32 Å². The number of benzene rings is 1. The van der Waals surface area contributed by atoms with Crippen LogP contribution in [0.25, 0.3) is 11.8 Å². The first-order valence-electron chi connectivity index (χ1n) is 7.45. The highest BCUT2D eigenvalue weighted by atomic mass is 32.1. The number of rotatable bonds is 5. The van der Waals surface area contributed by atoms with Crippen LogP contribution in [0.5, 0.6) is 0 Å². The highest BCUT2D eigenvalue weighted by Crippen LogP contribution is 2.04. The van der Waals surface area contributed by atoms with Crippen LogP contribution in [-0.2, 0) is 16.1 Å². The number of thiazole rings is 1. The maximum atomic E-state index is 12.5. The van der Waals surface area contributed by atoms with Crippen LogP contribution >= 0.6 is 11.3 Å². The van der Waals surface area contributed by atoms with Gasteiger partial charge in [0.1, 0.15) is 15.3 Å². The van der Waals surface area contributed by atoms with Crippen LogP contribution in [0.2, 0.25) is 0 Å². The van der Waals surface area contributed by atoms with Crippen LogP contribution in [0.15, 0.2) is 35.1 Å². The lowest BCUT2D eigenvalue weighted by Crippen LogP contribution is -2.32. The summed E-state index contributed by atoms with van der Waals surface area (Å²) in [6, 6.07) is 11.2. The Bertz CT molecular complexity index is 936. The maximum absolute atomic E-state index is 12.5. The Morgan fingerprint density at radius 1 is 1.38 bits per heavy atom. The van der Waals surface area contributed by atoms with Crippen molar-refractivity contribution in [2.45, 2.75) is 20.4 Å². The van der Waals surface area contributed by atoms with E-state index in [4.69, 9.17) is 4.74 Å². The van der Waals surface area contributed by atoms with Crippen molar-refractivity contribution in [3.8, 4) is 6.07 Å². The second-order valence-corrected chi connectivity index (χ2v) is 5.71. The number of hydrogen-bond donors (Lipinski definition) is 1. The van der Waals surface area contributed by atoms with Crippen molar-refractivity contribution >= 4 is 34.8 Å². The van der Waals surface area contributed by atoms with Crippen molar-refractivity contribution in [3.63, 3.8) is 0 Å². The smallest absolute Gasteiger partial charge is 0.351 e. The third kappa shape index (κ3) is 3.73. The Labute approximate surface area is 142 Å². The summed E-state index contributed by atoms with van der Waals surface area (Å²) < 4.78 is 7.02. The first-order valence-corrected chi connectivity index (χ1v) is 8.27. The minimum absolute atomic E-state index is 0.153. The van der Waals surface area contributed by atoms with E-state index >= 15 is 0 Å². The van der Waals surface area contributed by atoms with Crippen LogP contribution in [0, 0.1) is 11.3 Å². The molecular formula is C17H17N3O3S. The van der Waals surface area contributed by atoms with Gasteiger partial charge in [-0.05, 0) is 26.0 Å². The SMILES string of the molecule is CCOC(=O)/C(C#N)=c1/s/c(=C\Nc2ccccc2)c(=O)n1CC. The zero-order chi connectivity index (χ0) is 17.5. The molecule has 0 saturated heterocycles. The second-order valence-electron chi connectivity index (χ2n) is 4.68. The Morgan fingerprint density at radius 3 is 2.67 bits per heavy atom. The molecule has 2 aromatic rings. The molecule has 0 fully saturated rings. The highest BCUT2D eigenvalue weighted by Gasteiger charge is 2.16. The molecule has 0 atom stereocenters. The van der Waals surface area contributed by atoms with E-state index in [-0.39, 0.29) is 17.7 Å². The third-order valence-corrected chi connectivity index (χ3v) is 4.30. The monoisotopic (exact) mass is 343 g/mol. The average molecular weight is 343 g/mol. The molecule has 0 aliphatic rings. The molecule has 0 saturated carbocycles. The van der Waals surface area contributed by atoms with Gasteiger partial charge in [-0.2, -0.15) is 5.26 Å². The molecule has 0 amide bonds. The van der Waals surface area contributed by atoms with E-state index in [0.717, 1.165) is 17.0 Å². The minimum atomic E-state index is -0.717. The summed E-state index contributed by atoms with van der Waals surface area (Å²) in [5.74, 6) is -0.717. The van der Waals surface area contributed by atoms with E-state index in [9.17, 15) is 14.9 Å². The molecule has 0 unspecified atom stereocenters. The van der Waals surface area contributed by atoms with Gasteiger partial charge in [0.2, 0.25) is 0 Å². The van der Waals surface area contributed by atoms with Gasteiger partial charge in [0.05, 0.1) is 6.61 Å². The van der Waals surface area contributed by atoms with Crippen molar-refractivity contribution < 1.29 is 9.53 Å². The van der Waals surface area contributed by atoms with Crippen LogP contribution in [-0.4, -0.2) is 17.1 Å². The van der Waals surface area contributed by atoms with E-state index in [1.165, 1.54) is 4.57 Å². The predicted molar refractivity (Wildman–Crippen MR) is 93.7 cm³/mol. The topological polar surface area (TPSA) is 84.1 Å². The summed E-state index contributed by atoms with van der Waals surface area (Å²) in [6.45, 7) is 3.97. The van der Waals surface area contributed by atoms with Gasteiger partial charge >= 0.3 is 5.97 Å². The predicted octanol–water partition coefficient (Wildman–Crippen LogP) is 1.02. The first kappa shape index (κ1) is 17.5. The molecule has 0 radical (unpaired) electrons. The van der Waals surface area contributed by atoms with Crippen molar-refractivity contribution in [3.05, 3.63) is 49.9 Å². The third-order valence-electron chi connectivity index (χ3n) is 3.17. The fourth-order valence-corrected chi connectivity index (χ4v) is 3.14. The molecule has 0 aliphatic heterocycles. The van der Waals surface area contributed by atoms with Crippen LogP contribution in [0.1, 0.15) is 13.8 Å². The summed E-state index contributed by atoms with van der Waals surface area (Å²) in [5.41, 5.74) is 0.433. The summed E-state index contributed by atoms with van der Waals surface area (Å²) in [6.07, 6.45) is 1.58. The molecule has 6 nitrogen and oxygen atoms in total. The number of esters is 1. The van der Waals surface area contributed by atoms with Gasteiger partial charge in [0, 0.05) is 18.4 Å². The zero-order valence-corrected chi connectivity index (χ0v) is 14.2. The molecule has 124 valence electrons. The van der Waals surface area contributed by atoms with Gasteiger partial charge in [-0.3, -0.25) is 9.36 Å². The van der Waals surface area contributed by atoms with Crippen molar-refractivity contribution in [1.82, 2.24) is 4.57 Å². The van der Waals surface area contributed by atoms with Crippen LogP contribution < -0.4 is 20.1 Å². The number of aromatic nitrogens is 1. The number of ether oxygens (including phenoxy) is 1. The lowest BCUT2D eigenvalue weighted by atomic mass is 10.3. The molecule has 24 heavy (non-hydrogen) atoms. The largest absolute Gasteiger partial charge is 0.462 e. The summed E-state index contributed by atoms with van der Waals surface area (Å²) in [7, 11) is 0. The average Bonchev–Trinajstić information content (AvgIpc) is 2.90. The highest BCUT2D eigenvalue weighted by molar-refractivity contribution is 7.07. The van der Waals surface area contributed by atoms with Gasteiger partial charge in [-0.25, -0.2) is 4.79 Å². The van der Waals surface area contributed by atoms with E-state index in [1.54, 1.807) is 20.0 Å². The number of hydrogen-bond acceptors (Lipinski definition) is 6. The molecule has 1 aromatic carbocycles. The normalized spacial score (nSPS) is 12.5. The van der Waals surface area contributed by atoms with Gasteiger partial charge in [0.25, 0.3) is 5.56 Å². The van der Waals surface area contributed by atoms with Gasteiger partial charge < -0.3 is 10.1 Å². The fraction of sp³-hybridized carbons (Fsp3) is 0.235. The maximum Gasteiger partial charge on any atom is 0.351 e. The molecule has 1 heterocycles. The molecule has 0 bridgehead atoms. The summed E-state index contributed by atoms with van der Waals surface area (Å²) >= 11 is 1.09. The standard InChI is InChI=1S/C17H17N3O3S/c1-3-20-15(21)14(11-19-12-8-6-5-7-9-12)24-16(20)13(10-18)17(22)23-4-2/h5-9,11,19H,3-4H2,1-2H3/b14-11-,16-13+. The van der Waals surface area contributed by atoms with Gasteiger partial charge in [-0.1, -0.05) is 18.2 Å². The molecule has 7 heteroatoms. The lowest BCUT2D eigenvalue weighted by Gasteiger charge is -2.00. The number of para-hydroxylation sites is 1. The first-order chi connectivity index (χ1) is 11.6. The van der Waals surface area contributed by atoms with Crippen LogP contribution in [0.3, 0.4) is 0 Å². The van der Waals surface area contributed by atoms with Gasteiger partial charge in [0.15, 0.2) is 5.57 Å². The molecular weight excluding hydrogens is 326 g/mol. The van der Waals surface area contributed by atoms with E-state index in [1.807, 2.05) is 36.4 Å². The molecule has 0 aliphatic carbocycles. The second kappa shape index (κ2) is 8.13. The molecule has 1 aromatic heterocycles. The fourth-order valence-electron chi connectivity index (χ4n) is 2.06. The van der Waals surface area contributed by atoms with Crippen molar-refractivity contribution in [2.24, 2.45) is 0 Å². The molecule has 0 spiro atoms. The number of nitriles is 1. The van der Waals surface area contributed by atoms with E-state index in [0.29, 0.717) is 15.7 Å². The number of nitrogens with one attached hydrogen (secondary N) is 1. The number of nitrogens with zero attached hydrogens (tertiary/aromatic N) is 2. The Kier molecular flexibility index (Phi) is 5.93.